The highest BCUT2D eigenvalue weighted by molar-refractivity contribution is 7.91. The Morgan fingerprint density at radius 3 is 2.12 bits per heavy atom. The van der Waals surface area contributed by atoms with E-state index < -0.39 is 15.8 Å². The monoisotopic (exact) mass is 251 g/mol. The second-order valence-corrected chi connectivity index (χ2v) is 7.20. The molecule has 5 nitrogen and oxygen atoms in total. The molecule has 0 radical (unpaired) electrons. The summed E-state index contributed by atoms with van der Waals surface area (Å²) in [7, 11) is -3.05. The normalized spacial score (nSPS) is 13.1. The third-order valence-electron chi connectivity index (χ3n) is 2.39. The van der Waals surface area contributed by atoms with Gasteiger partial charge in [-0.1, -0.05) is 6.92 Å². The van der Waals surface area contributed by atoms with E-state index in [0.717, 1.165) is 0 Å². The molecule has 0 aliphatic rings. The Morgan fingerprint density at radius 2 is 1.81 bits per heavy atom. The van der Waals surface area contributed by atoms with Crippen LogP contribution in [0.5, 0.6) is 0 Å². The Hall–Kier alpha value is -0.620. The Bertz CT molecular complexity index is 329. The van der Waals surface area contributed by atoms with Crippen LogP contribution in [-0.4, -0.2) is 54.5 Å². The van der Waals surface area contributed by atoms with Gasteiger partial charge in [0.1, 0.15) is 0 Å². The summed E-state index contributed by atoms with van der Waals surface area (Å²) >= 11 is 0. The largest absolute Gasteiger partial charge is 0.480 e. The highest BCUT2D eigenvalue weighted by Crippen LogP contribution is 2.12. The van der Waals surface area contributed by atoms with Crippen molar-refractivity contribution in [3.63, 3.8) is 0 Å². The molecule has 0 aromatic rings. The summed E-state index contributed by atoms with van der Waals surface area (Å²) in [6.07, 6.45) is 0. The maximum atomic E-state index is 11.3. The standard InChI is InChI=1S/C10H21NO4S/c1-5-16(14,15)7-6-11(8-9(12)13)10(2,3)4/h5-8H2,1-4H3,(H,12,13). The lowest BCUT2D eigenvalue weighted by Gasteiger charge is -2.34. The van der Waals surface area contributed by atoms with Gasteiger partial charge in [0.05, 0.1) is 12.3 Å². The maximum absolute atomic E-state index is 11.3. The summed E-state index contributed by atoms with van der Waals surface area (Å²) in [6.45, 7) is 7.32. The fourth-order valence-corrected chi connectivity index (χ4v) is 2.00. The number of carboxylic acids is 1. The molecule has 96 valence electrons. The summed E-state index contributed by atoms with van der Waals surface area (Å²) < 4.78 is 22.7. The second-order valence-electron chi connectivity index (χ2n) is 4.72. The number of sulfone groups is 1. The molecule has 0 bridgehead atoms. The van der Waals surface area contributed by atoms with Crippen LogP contribution in [0, 0.1) is 0 Å². The molecule has 0 aliphatic carbocycles. The van der Waals surface area contributed by atoms with Crippen LogP contribution >= 0.6 is 0 Å². The van der Waals surface area contributed by atoms with E-state index in [4.69, 9.17) is 5.11 Å². The number of hydrogen-bond acceptors (Lipinski definition) is 4. The lowest BCUT2D eigenvalue weighted by atomic mass is 10.1. The molecule has 0 aromatic carbocycles. The molecule has 1 N–H and O–H groups in total. The first-order chi connectivity index (χ1) is 7.08. The molecule has 0 aromatic heterocycles. The maximum Gasteiger partial charge on any atom is 0.317 e. The lowest BCUT2D eigenvalue weighted by molar-refractivity contribution is -0.139. The molecule has 0 heterocycles. The van der Waals surface area contributed by atoms with Crippen molar-refractivity contribution in [2.75, 3.05) is 24.6 Å². The van der Waals surface area contributed by atoms with Gasteiger partial charge in [-0.2, -0.15) is 0 Å². The summed E-state index contributed by atoms with van der Waals surface area (Å²) in [5.74, 6) is -0.838. The Kier molecular flexibility index (Phi) is 5.41. The van der Waals surface area contributed by atoms with Crippen LogP contribution in [0.25, 0.3) is 0 Å². The van der Waals surface area contributed by atoms with Gasteiger partial charge in [0.2, 0.25) is 0 Å². The van der Waals surface area contributed by atoms with Gasteiger partial charge in [-0.25, -0.2) is 8.42 Å². The van der Waals surface area contributed by atoms with E-state index >= 15 is 0 Å². The number of carbonyl (C=O) groups is 1. The summed E-state index contributed by atoms with van der Waals surface area (Å²) in [4.78, 5) is 12.3. The molecular formula is C10H21NO4S. The van der Waals surface area contributed by atoms with Gasteiger partial charge in [0, 0.05) is 17.8 Å². The van der Waals surface area contributed by atoms with Gasteiger partial charge >= 0.3 is 5.97 Å². The van der Waals surface area contributed by atoms with Gasteiger partial charge in [0.25, 0.3) is 0 Å². The van der Waals surface area contributed by atoms with Crippen molar-refractivity contribution in [1.29, 1.82) is 0 Å². The quantitative estimate of drug-likeness (QED) is 0.748. The first-order valence-corrected chi connectivity index (χ1v) is 7.08. The zero-order chi connectivity index (χ0) is 13.0. The minimum absolute atomic E-state index is 0.00799. The first-order valence-electron chi connectivity index (χ1n) is 5.26. The van der Waals surface area contributed by atoms with Crippen LogP contribution in [0.15, 0.2) is 0 Å². The Morgan fingerprint density at radius 1 is 1.31 bits per heavy atom. The van der Waals surface area contributed by atoms with Crippen LogP contribution in [0.1, 0.15) is 27.7 Å². The van der Waals surface area contributed by atoms with Crippen LogP contribution in [-0.2, 0) is 14.6 Å². The van der Waals surface area contributed by atoms with E-state index in [9.17, 15) is 13.2 Å². The number of rotatable bonds is 6. The molecule has 0 atom stereocenters. The molecule has 0 saturated heterocycles. The molecule has 0 amide bonds. The van der Waals surface area contributed by atoms with E-state index in [-0.39, 0.29) is 30.1 Å². The van der Waals surface area contributed by atoms with Crippen LogP contribution in [0.2, 0.25) is 0 Å². The van der Waals surface area contributed by atoms with Crippen molar-refractivity contribution < 1.29 is 18.3 Å². The molecule has 0 fully saturated rings. The average molecular weight is 251 g/mol. The van der Waals surface area contributed by atoms with Gasteiger partial charge < -0.3 is 5.11 Å². The summed E-state index contributed by atoms with van der Waals surface area (Å²) in [6, 6.07) is 0. The highest BCUT2D eigenvalue weighted by Gasteiger charge is 2.24. The zero-order valence-electron chi connectivity index (χ0n) is 10.4. The molecule has 16 heavy (non-hydrogen) atoms. The van der Waals surface area contributed by atoms with E-state index in [2.05, 4.69) is 0 Å². The number of hydrogen-bond donors (Lipinski definition) is 1. The lowest BCUT2D eigenvalue weighted by Crippen LogP contribution is -2.46. The molecule has 0 spiro atoms. The predicted molar refractivity (Wildman–Crippen MR) is 63.3 cm³/mol. The zero-order valence-corrected chi connectivity index (χ0v) is 11.2. The van der Waals surface area contributed by atoms with Crippen LogP contribution in [0.3, 0.4) is 0 Å². The van der Waals surface area contributed by atoms with Crippen molar-refractivity contribution in [3.8, 4) is 0 Å². The minimum Gasteiger partial charge on any atom is -0.480 e. The first kappa shape index (κ1) is 15.4. The van der Waals surface area contributed by atoms with Gasteiger partial charge in [0.15, 0.2) is 9.84 Å². The highest BCUT2D eigenvalue weighted by atomic mass is 32.2. The van der Waals surface area contributed by atoms with Gasteiger partial charge in [-0.15, -0.1) is 0 Å². The number of carboxylic acid groups (broad SMARTS) is 1. The Balaban J connectivity index is 4.52. The Labute approximate surface area is 97.4 Å². The smallest absolute Gasteiger partial charge is 0.317 e. The van der Waals surface area contributed by atoms with Crippen molar-refractivity contribution in [1.82, 2.24) is 4.90 Å². The molecule has 0 unspecified atom stereocenters. The number of nitrogens with zero attached hydrogens (tertiary/aromatic N) is 1. The second kappa shape index (κ2) is 5.63. The van der Waals surface area contributed by atoms with E-state index in [1.54, 1.807) is 11.8 Å². The molecule has 0 aliphatic heterocycles. The van der Waals surface area contributed by atoms with Crippen molar-refractivity contribution >= 4 is 15.8 Å². The fourth-order valence-electron chi connectivity index (χ4n) is 1.21. The molecule has 0 rings (SSSR count). The molecule has 6 heteroatoms. The summed E-state index contributed by atoms with van der Waals surface area (Å²) in [5, 5.41) is 8.74. The van der Waals surface area contributed by atoms with E-state index in [1.807, 2.05) is 20.8 Å². The topological polar surface area (TPSA) is 74.7 Å². The van der Waals surface area contributed by atoms with Crippen molar-refractivity contribution in [2.45, 2.75) is 33.2 Å². The number of aliphatic carboxylic acids is 1. The predicted octanol–water partition coefficient (Wildman–Crippen LogP) is 0.606. The third kappa shape index (κ3) is 6.07. The molecule has 0 saturated carbocycles. The van der Waals surface area contributed by atoms with Gasteiger partial charge in [-0.3, -0.25) is 9.69 Å². The van der Waals surface area contributed by atoms with E-state index in [1.165, 1.54) is 0 Å². The third-order valence-corrected chi connectivity index (χ3v) is 4.07. The fraction of sp³-hybridized carbons (Fsp3) is 0.900. The SMILES string of the molecule is CCS(=O)(=O)CCN(CC(=O)O)C(C)(C)C. The average Bonchev–Trinajstić information content (AvgIpc) is 2.10. The van der Waals surface area contributed by atoms with Crippen molar-refractivity contribution in [3.05, 3.63) is 0 Å². The van der Waals surface area contributed by atoms with Gasteiger partial charge in [-0.05, 0) is 20.8 Å². The van der Waals surface area contributed by atoms with Crippen molar-refractivity contribution in [2.24, 2.45) is 0 Å². The minimum atomic E-state index is -3.05. The van der Waals surface area contributed by atoms with Crippen LogP contribution in [0.4, 0.5) is 0 Å². The van der Waals surface area contributed by atoms with E-state index in [0.29, 0.717) is 0 Å². The summed E-state index contributed by atoms with van der Waals surface area (Å²) in [5.41, 5.74) is -0.346. The molecular weight excluding hydrogens is 230 g/mol. The van der Waals surface area contributed by atoms with Crippen LogP contribution < -0.4 is 0 Å².